The van der Waals surface area contributed by atoms with Crippen LogP contribution >= 0.6 is 15.9 Å². The van der Waals surface area contributed by atoms with Crippen molar-refractivity contribution < 1.29 is 0 Å². The molecular weight excluding hydrogens is 298 g/mol. The van der Waals surface area contributed by atoms with E-state index in [2.05, 4.69) is 59.4 Å². The molecule has 0 heterocycles. The van der Waals surface area contributed by atoms with Crippen molar-refractivity contribution in [3.8, 4) is 0 Å². The summed E-state index contributed by atoms with van der Waals surface area (Å²) in [4.78, 5) is 0. The van der Waals surface area contributed by atoms with Gasteiger partial charge in [0.25, 0.3) is 0 Å². The van der Waals surface area contributed by atoms with E-state index in [1.807, 2.05) is 0 Å². The van der Waals surface area contributed by atoms with Gasteiger partial charge in [-0.15, -0.1) is 0 Å². The van der Waals surface area contributed by atoms with E-state index in [-0.39, 0.29) is 0 Å². The lowest BCUT2D eigenvalue weighted by molar-refractivity contribution is 0.260. The zero-order valence-corrected chi connectivity index (χ0v) is 13.7. The first kappa shape index (κ1) is 15.1. The first-order chi connectivity index (χ1) is 9.22. The van der Waals surface area contributed by atoms with Gasteiger partial charge < -0.3 is 5.32 Å². The predicted octanol–water partition coefficient (Wildman–Crippen LogP) is 5.46. The number of hydrogen-bond donors (Lipinski definition) is 1. The van der Waals surface area contributed by atoms with Gasteiger partial charge in [-0.2, -0.15) is 0 Å². The van der Waals surface area contributed by atoms with Crippen LogP contribution in [0.4, 0.5) is 0 Å². The van der Waals surface area contributed by atoms with Crippen molar-refractivity contribution in [3.05, 3.63) is 34.3 Å². The molecule has 3 atom stereocenters. The van der Waals surface area contributed by atoms with Gasteiger partial charge in [0.15, 0.2) is 0 Å². The summed E-state index contributed by atoms with van der Waals surface area (Å²) in [6, 6.07) is 10.0. The SMILES string of the molecule is CCC1CCCC(NC(CC)c2ccc(Br)cc2)C1. The third-order valence-electron chi connectivity index (χ3n) is 4.48. The van der Waals surface area contributed by atoms with Crippen LogP contribution in [0, 0.1) is 5.92 Å². The minimum Gasteiger partial charge on any atom is -0.307 e. The second-order valence-electron chi connectivity index (χ2n) is 5.82. The molecule has 0 aromatic heterocycles. The zero-order valence-electron chi connectivity index (χ0n) is 12.2. The maximum atomic E-state index is 3.89. The van der Waals surface area contributed by atoms with Gasteiger partial charge in [-0.25, -0.2) is 0 Å². The molecule has 0 amide bonds. The molecule has 1 N–H and O–H groups in total. The first-order valence-electron chi connectivity index (χ1n) is 7.74. The van der Waals surface area contributed by atoms with Gasteiger partial charge in [-0.3, -0.25) is 0 Å². The Balaban J connectivity index is 1.96. The van der Waals surface area contributed by atoms with Crippen LogP contribution in [0.15, 0.2) is 28.7 Å². The van der Waals surface area contributed by atoms with E-state index >= 15 is 0 Å². The topological polar surface area (TPSA) is 12.0 Å². The largest absolute Gasteiger partial charge is 0.307 e. The van der Waals surface area contributed by atoms with Crippen LogP contribution in [0.25, 0.3) is 0 Å². The van der Waals surface area contributed by atoms with Gasteiger partial charge in [0.1, 0.15) is 0 Å². The lowest BCUT2D eigenvalue weighted by atomic mass is 9.83. The van der Waals surface area contributed by atoms with Crippen LogP contribution < -0.4 is 5.32 Å². The van der Waals surface area contributed by atoms with E-state index in [0.717, 1.165) is 16.8 Å². The highest BCUT2D eigenvalue weighted by molar-refractivity contribution is 9.10. The molecular formula is C17H26BrN. The number of rotatable bonds is 5. The highest BCUT2D eigenvalue weighted by Crippen LogP contribution is 2.29. The van der Waals surface area contributed by atoms with Crippen LogP contribution in [0.1, 0.15) is 64.0 Å². The molecule has 1 aliphatic carbocycles. The summed E-state index contributed by atoms with van der Waals surface area (Å²) in [5, 5.41) is 3.89. The first-order valence-corrected chi connectivity index (χ1v) is 8.53. The highest BCUT2D eigenvalue weighted by Gasteiger charge is 2.22. The summed E-state index contributed by atoms with van der Waals surface area (Å²) in [5.74, 6) is 0.939. The zero-order chi connectivity index (χ0) is 13.7. The van der Waals surface area contributed by atoms with Gasteiger partial charge in [-0.1, -0.05) is 61.2 Å². The Labute approximate surface area is 126 Å². The van der Waals surface area contributed by atoms with E-state index in [0.29, 0.717) is 12.1 Å². The molecule has 2 rings (SSSR count). The van der Waals surface area contributed by atoms with E-state index < -0.39 is 0 Å². The van der Waals surface area contributed by atoms with E-state index in [1.54, 1.807) is 0 Å². The lowest BCUT2D eigenvalue weighted by Gasteiger charge is -2.32. The van der Waals surface area contributed by atoms with Gasteiger partial charge in [0.2, 0.25) is 0 Å². The van der Waals surface area contributed by atoms with Gasteiger partial charge >= 0.3 is 0 Å². The fourth-order valence-electron chi connectivity index (χ4n) is 3.24. The molecule has 106 valence electrons. The molecule has 1 aliphatic rings. The summed E-state index contributed by atoms with van der Waals surface area (Å²) >= 11 is 3.51. The Kier molecular flexibility index (Phi) is 5.90. The minimum atomic E-state index is 0.508. The fraction of sp³-hybridized carbons (Fsp3) is 0.647. The van der Waals surface area contributed by atoms with Crippen molar-refractivity contribution in [2.75, 3.05) is 0 Å². The summed E-state index contributed by atoms with van der Waals surface area (Å²) in [5.41, 5.74) is 1.42. The molecule has 19 heavy (non-hydrogen) atoms. The number of hydrogen-bond acceptors (Lipinski definition) is 1. The van der Waals surface area contributed by atoms with Crippen LogP contribution in [0.3, 0.4) is 0 Å². The second-order valence-corrected chi connectivity index (χ2v) is 6.73. The molecule has 1 fully saturated rings. The minimum absolute atomic E-state index is 0.508. The number of benzene rings is 1. The second kappa shape index (κ2) is 7.44. The summed E-state index contributed by atoms with van der Waals surface area (Å²) < 4.78 is 1.16. The average molecular weight is 324 g/mol. The molecule has 1 nitrogen and oxygen atoms in total. The van der Waals surface area contributed by atoms with Crippen molar-refractivity contribution in [3.63, 3.8) is 0 Å². The van der Waals surface area contributed by atoms with Crippen LogP contribution in [0.5, 0.6) is 0 Å². The standard InChI is InChI=1S/C17H26BrN/c1-3-13-6-5-7-16(12-13)19-17(4-2)14-8-10-15(18)11-9-14/h8-11,13,16-17,19H,3-7,12H2,1-2H3. The third kappa shape index (κ3) is 4.32. The normalized spacial score (nSPS) is 25.2. The third-order valence-corrected chi connectivity index (χ3v) is 5.01. The molecule has 0 aliphatic heterocycles. The van der Waals surface area contributed by atoms with Crippen LogP contribution in [0.2, 0.25) is 0 Å². The van der Waals surface area contributed by atoms with Gasteiger partial charge in [0, 0.05) is 16.6 Å². The molecule has 0 radical (unpaired) electrons. The number of halogens is 1. The Bertz CT molecular complexity index is 373. The predicted molar refractivity (Wildman–Crippen MR) is 86.3 cm³/mol. The maximum absolute atomic E-state index is 3.89. The summed E-state index contributed by atoms with van der Waals surface area (Å²) in [6.45, 7) is 4.61. The molecule has 3 unspecified atom stereocenters. The molecule has 0 bridgehead atoms. The summed E-state index contributed by atoms with van der Waals surface area (Å²) in [7, 11) is 0. The van der Waals surface area contributed by atoms with Crippen molar-refractivity contribution in [2.24, 2.45) is 5.92 Å². The lowest BCUT2D eigenvalue weighted by Crippen LogP contribution is -2.36. The Morgan fingerprint density at radius 2 is 1.95 bits per heavy atom. The van der Waals surface area contributed by atoms with Crippen LogP contribution in [-0.2, 0) is 0 Å². The maximum Gasteiger partial charge on any atom is 0.0320 e. The Morgan fingerprint density at radius 1 is 1.21 bits per heavy atom. The fourth-order valence-corrected chi connectivity index (χ4v) is 3.51. The van der Waals surface area contributed by atoms with E-state index in [9.17, 15) is 0 Å². The van der Waals surface area contributed by atoms with Crippen molar-refractivity contribution in [1.82, 2.24) is 5.32 Å². The monoisotopic (exact) mass is 323 g/mol. The molecule has 0 spiro atoms. The van der Waals surface area contributed by atoms with Crippen LogP contribution in [-0.4, -0.2) is 6.04 Å². The van der Waals surface area contributed by atoms with Crippen molar-refractivity contribution in [2.45, 2.75) is 64.5 Å². The molecule has 1 aromatic rings. The van der Waals surface area contributed by atoms with E-state index in [4.69, 9.17) is 0 Å². The molecule has 0 saturated heterocycles. The van der Waals surface area contributed by atoms with E-state index in [1.165, 1.54) is 37.7 Å². The highest BCUT2D eigenvalue weighted by atomic mass is 79.9. The average Bonchev–Trinajstić information content (AvgIpc) is 2.46. The number of nitrogens with one attached hydrogen (secondary N) is 1. The Morgan fingerprint density at radius 3 is 2.58 bits per heavy atom. The Hall–Kier alpha value is -0.340. The molecule has 1 saturated carbocycles. The smallest absolute Gasteiger partial charge is 0.0320 e. The quantitative estimate of drug-likeness (QED) is 0.758. The van der Waals surface area contributed by atoms with Crippen molar-refractivity contribution >= 4 is 15.9 Å². The molecule has 1 aromatic carbocycles. The van der Waals surface area contributed by atoms with Gasteiger partial charge in [0.05, 0.1) is 0 Å². The summed E-state index contributed by atoms with van der Waals surface area (Å²) in [6.07, 6.45) is 8.05. The van der Waals surface area contributed by atoms with Crippen molar-refractivity contribution in [1.29, 1.82) is 0 Å². The molecule has 2 heteroatoms. The van der Waals surface area contributed by atoms with Gasteiger partial charge in [-0.05, 0) is 42.9 Å².